The van der Waals surface area contributed by atoms with Gasteiger partial charge in [0.25, 0.3) is 0 Å². The Morgan fingerprint density at radius 3 is 2.48 bits per heavy atom. The second-order valence-electron chi connectivity index (χ2n) is 5.98. The van der Waals surface area contributed by atoms with Crippen LogP contribution in [0.2, 0.25) is 5.02 Å². The largest absolute Gasteiger partial charge is 0.495 e. The molecular formula is C19H23ClN2O4S. The third-order valence-corrected chi connectivity index (χ3v) is 5.50. The summed E-state index contributed by atoms with van der Waals surface area (Å²) >= 11 is 6.06. The second-order valence-corrected chi connectivity index (χ2v) is 8.29. The molecule has 0 bridgehead atoms. The van der Waals surface area contributed by atoms with E-state index in [2.05, 4.69) is 5.32 Å². The van der Waals surface area contributed by atoms with Crippen molar-refractivity contribution in [3.63, 3.8) is 0 Å². The zero-order valence-electron chi connectivity index (χ0n) is 15.3. The number of carbonyl (C=O) groups excluding carboxylic acids is 1. The lowest BCUT2D eigenvalue weighted by Crippen LogP contribution is -2.32. The standard InChI is InChI=1S/C19H23ClN2O4S/c1-26-18-11-6-5-10-17(18)22(27(2,24)25)13-7-12-19(23)21-14-15-8-3-4-9-16(15)20/h3-6,8-11H,7,12-14H2,1-2H3,(H,21,23). The molecule has 27 heavy (non-hydrogen) atoms. The Balaban J connectivity index is 1.94. The molecule has 0 aliphatic rings. The van der Waals surface area contributed by atoms with Crippen molar-refractivity contribution in [3.8, 4) is 5.75 Å². The summed E-state index contributed by atoms with van der Waals surface area (Å²) in [5.74, 6) is 0.300. The van der Waals surface area contributed by atoms with Gasteiger partial charge in [0.15, 0.2) is 0 Å². The molecule has 2 rings (SSSR count). The van der Waals surface area contributed by atoms with Crippen molar-refractivity contribution in [2.45, 2.75) is 19.4 Å². The normalized spacial score (nSPS) is 11.1. The molecule has 0 aromatic heterocycles. The van der Waals surface area contributed by atoms with E-state index in [1.807, 2.05) is 18.2 Å². The summed E-state index contributed by atoms with van der Waals surface area (Å²) in [5, 5.41) is 3.39. The maximum atomic E-state index is 12.2. The Kier molecular flexibility index (Phi) is 7.50. The quantitative estimate of drug-likeness (QED) is 0.688. The molecule has 0 heterocycles. The van der Waals surface area contributed by atoms with Gasteiger partial charge in [-0.15, -0.1) is 0 Å². The van der Waals surface area contributed by atoms with Gasteiger partial charge >= 0.3 is 0 Å². The van der Waals surface area contributed by atoms with Crippen LogP contribution < -0.4 is 14.4 Å². The van der Waals surface area contributed by atoms with Crippen LogP contribution >= 0.6 is 11.6 Å². The fraction of sp³-hybridized carbons (Fsp3) is 0.316. The van der Waals surface area contributed by atoms with E-state index in [9.17, 15) is 13.2 Å². The van der Waals surface area contributed by atoms with Crippen LogP contribution in [0.5, 0.6) is 5.75 Å². The Labute approximate surface area is 165 Å². The summed E-state index contributed by atoms with van der Waals surface area (Å²) in [4.78, 5) is 12.1. The molecule has 2 aromatic rings. The van der Waals surface area contributed by atoms with Crippen LogP contribution in [0, 0.1) is 0 Å². The van der Waals surface area contributed by atoms with Crippen molar-refractivity contribution < 1.29 is 17.9 Å². The van der Waals surface area contributed by atoms with Crippen LogP contribution in [0.4, 0.5) is 5.69 Å². The number of hydrogen-bond acceptors (Lipinski definition) is 4. The molecule has 0 spiro atoms. The second kappa shape index (κ2) is 9.62. The van der Waals surface area contributed by atoms with Crippen molar-refractivity contribution in [1.29, 1.82) is 0 Å². The summed E-state index contributed by atoms with van der Waals surface area (Å²) < 4.78 is 30.9. The van der Waals surface area contributed by atoms with E-state index in [0.29, 0.717) is 29.4 Å². The smallest absolute Gasteiger partial charge is 0.232 e. The molecule has 146 valence electrons. The highest BCUT2D eigenvalue weighted by Crippen LogP contribution is 2.29. The lowest BCUT2D eigenvalue weighted by molar-refractivity contribution is -0.121. The molecule has 0 saturated heterocycles. The molecule has 2 aromatic carbocycles. The van der Waals surface area contributed by atoms with Crippen molar-refractivity contribution in [3.05, 3.63) is 59.1 Å². The average molecular weight is 411 g/mol. The van der Waals surface area contributed by atoms with Gasteiger partial charge in [-0.25, -0.2) is 8.42 Å². The lowest BCUT2D eigenvalue weighted by atomic mass is 10.2. The minimum absolute atomic E-state index is 0.164. The number of ether oxygens (including phenoxy) is 1. The van der Waals surface area contributed by atoms with E-state index in [4.69, 9.17) is 16.3 Å². The topological polar surface area (TPSA) is 75.7 Å². The minimum Gasteiger partial charge on any atom is -0.495 e. The van der Waals surface area contributed by atoms with Crippen LogP contribution in [0.15, 0.2) is 48.5 Å². The first-order valence-corrected chi connectivity index (χ1v) is 10.7. The van der Waals surface area contributed by atoms with E-state index in [0.717, 1.165) is 11.8 Å². The van der Waals surface area contributed by atoms with Crippen LogP contribution in [0.1, 0.15) is 18.4 Å². The molecular weight excluding hydrogens is 388 g/mol. The zero-order valence-corrected chi connectivity index (χ0v) is 16.9. The van der Waals surface area contributed by atoms with Crippen molar-refractivity contribution in [1.82, 2.24) is 5.32 Å². The molecule has 0 saturated carbocycles. The first-order valence-electron chi connectivity index (χ1n) is 8.43. The summed E-state index contributed by atoms with van der Waals surface area (Å²) in [5.41, 5.74) is 1.29. The van der Waals surface area contributed by atoms with E-state index < -0.39 is 10.0 Å². The van der Waals surface area contributed by atoms with Gasteiger partial charge < -0.3 is 10.1 Å². The maximum Gasteiger partial charge on any atom is 0.232 e. The van der Waals surface area contributed by atoms with Gasteiger partial charge in [-0.3, -0.25) is 9.10 Å². The highest BCUT2D eigenvalue weighted by Gasteiger charge is 2.20. The number of methoxy groups -OCH3 is 1. The van der Waals surface area contributed by atoms with Crippen molar-refractivity contribution in [2.24, 2.45) is 0 Å². The van der Waals surface area contributed by atoms with E-state index >= 15 is 0 Å². The third-order valence-electron chi connectivity index (χ3n) is 3.95. The fourth-order valence-electron chi connectivity index (χ4n) is 2.61. The van der Waals surface area contributed by atoms with Gasteiger partial charge in [-0.1, -0.05) is 41.9 Å². The Morgan fingerprint density at radius 1 is 1.15 bits per heavy atom. The fourth-order valence-corrected chi connectivity index (χ4v) is 3.78. The maximum absolute atomic E-state index is 12.2. The SMILES string of the molecule is COc1ccccc1N(CCCC(=O)NCc1ccccc1Cl)S(C)(=O)=O. The number of rotatable bonds is 9. The number of sulfonamides is 1. The van der Waals surface area contributed by atoms with E-state index in [-0.39, 0.29) is 18.9 Å². The number of benzene rings is 2. The molecule has 8 heteroatoms. The Hall–Kier alpha value is -2.25. The zero-order chi connectivity index (χ0) is 19.9. The van der Waals surface area contributed by atoms with Gasteiger partial charge in [0.2, 0.25) is 15.9 Å². The predicted octanol–water partition coefficient (Wildman–Crippen LogP) is 3.21. The number of anilines is 1. The number of carbonyl (C=O) groups is 1. The monoisotopic (exact) mass is 410 g/mol. The third kappa shape index (κ3) is 6.15. The first kappa shape index (κ1) is 21.1. The van der Waals surface area contributed by atoms with Crippen LogP contribution in [0.25, 0.3) is 0 Å². The molecule has 0 unspecified atom stereocenters. The van der Waals surface area contributed by atoms with Crippen LogP contribution in [0.3, 0.4) is 0 Å². The molecule has 0 fully saturated rings. The molecule has 0 atom stereocenters. The average Bonchev–Trinajstić information content (AvgIpc) is 2.63. The summed E-state index contributed by atoms with van der Waals surface area (Å²) in [6.07, 6.45) is 1.71. The highest BCUT2D eigenvalue weighted by atomic mass is 35.5. The van der Waals surface area contributed by atoms with Gasteiger partial charge in [0.1, 0.15) is 5.75 Å². The van der Waals surface area contributed by atoms with Gasteiger partial charge in [-0.2, -0.15) is 0 Å². The van der Waals surface area contributed by atoms with E-state index in [1.165, 1.54) is 11.4 Å². The lowest BCUT2D eigenvalue weighted by Gasteiger charge is -2.24. The van der Waals surface area contributed by atoms with Gasteiger partial charge in [0, 0.05) is 24.5 Å². The number of halogens is 1. The number of amides is 1. The molecule has 0 radical (unpaired) electrons. The Bertz CT molecular complexity index is 887. The highest BCUT2D eigenvalue weighted by molar-refractivity contribution is 7.92. The number of para-hydroxylation sites is 2. The number of nitrogens with one attached hydrogen (secondary N) is 1. The Morgan fingerprint density at radius 2 is 1.81 bits per heavy atom. The van der Waals surface area contributed by atoms with Crippen LogP contribution in [-0.2, 0) is 21.4 Å². The summed E-state index contributed by atoms with van der Waals surface area (Å²) in [6, 6.07) is 14.2. The molecule has 0 aliphatic carbocycles. The van der Waals surface area contributed by atoms with Crippen molar-refractivity contribution >= 4 is 33.2 Å². The summed E-state index contributed by atoms with van der Waals surface area (Å²) in [6.45, 7) is 0.513. The molecule has 0 aliphatic heterocycles. The van der Waals surface area contributed by atoms with Gasteiger partial charge in [0.05, 0.1) is 19.1 Å². The van der Waals surface area contributed by atoms with Crippen LogP contribution in [-0.4, -0.2) is 34.2 Å². The minimum atomic E-state index is -3.51. The van der Waals surface area contributed by atoms with Gasteiger partial charge in [-0.05, 0) is 30.2 Å². The number of hydrogen-bond donors (Lipinski definition) is 1. The molecule has 1 N–H and O–H groups in total. The van der Waals surface area contributed by atoms with E-state index in [1.54, 1.807) is 30.3 Å². The number of nitrogens with zero attached hydrogens (tertiary/aromatic N) is 1. The first-order chi connectivity index (χ1) is 12.8. The summed E-state index contributed by atoms with van der Waals surface area (Å²) in [7, 11) is -2.02. The predicted molar refractivity (Wildman–Crippen MR) is 108 cm³/mol. The van der Waals surface area contributed by atoms with Crippen molar-refractivity contribution in [2.75, 3.05) is 24.2 Å². The molecule has 6 nitrogen and oxygen atoms in total. The molecule has 1 amide bonds.